The molecule has 2 aliphatic carbocycles. The minimum atomic E-state index is -3.14. The van der Waals surface area contributed by atoms with Crippen LogP contribution < -0.4 is 24.8 Å². The van der Waals surface area contributed by atoms with E-state index in [1.165, 1.54) is 60.5 Å². The van der Waals surface area contributed by atoms with Crippen molar-refractivity contribution in [2.24, 2.45) is 0 Å². The molecule has 0 amide bonds. The smallest absolute Gasteiger partial charge is 1.00 e. The van der Waals surface area contributed by atoms with Gasteiger partial charge in [0.25, 0.3) is 0 Å². The van der Waals surface area contributed by atoms with Crippen molar-refractivity contribution in [2.75, 3.05) is 0 Å². The molecular formula is C53H40Cl2Zr. The summed E-state index contributed by atoms with van der Waals surface area (Å²) in [6.45, 7) is 0. The van der Waals surface area contributed by atoms with Gasteiger partial charge >= 0.3 is 328 Å². The Morgan fingerprint density at radius 2 is 0.857 bits per heavy atom. The fourth-order valence-corrected chi connectivity index (χ4v) is 19.7. The van der Waals surface area contributed by atoms with Crippen molar-refractivity contribution in [2.45, 2.75) is 21.9 Å². The predicted molar refractivity (Wildman–Crippen MR) is 225 cm³/mol. The fraction of sp³-hybridized carbons (Fsp3) is 0.0755. The van der Waals surface area contributed by atoms with Crippen LogP contribution in [0.4, 0.5) is 0 Å². The maximum atomic E-state index is 2.53. The van der Waals surface area contributed by atoms with E-state index in [2.05, 4.69) is 212 Å². The summed E-state index contributed by atoms with van der Waals surface area (Å²) in [7, 11) is 0. The molecule has 56 heavy (non-hydrogen) atoms. The SMILES string of the molecule is C1=CC[C]([Zr+2](=[C](C(c2ccccc2)c2ccccc2)C(c2ccccc2)c2ccccc2)[CH]2c3ccccc3-c3c2c2ccccc2c2ccccc32)=C1.[Cl-].[Cl-]. The fourth-order valence-electron chi connectivity index (χ4n) is 9.54. The van der Waals surface area contributed by atoms with E-state index in [0.29, 0.717) is 3.63 Å². The van der Waals surface area contributed by atoms with E-state index < -0.39 is 21.3 Å². The Bertz CT molecular complexity index is 2570. The molecule has 0 N–H and O–H groups in total. The molecule has 3 heteroatoms. The Kier molecular flexibility index (Phi) is 11.3. The summed E-state index contributed by atoms with van der Waals surface area (Å²) >= 11 is -3.14. The summed E-state index contributed by atoms with van der Waals surface area (Å²) in [6, 6.07) is 73.5. The standard InChI is InChI=1S/C27H22.C21H13.C5H5.2ClH.Zr/c1-5-13-22(14-6-1)26(23-15-7-2-8-16-23)21-27(24-17-9-3-10-18-24)25-19-11-4-12-20-25;1-2-8-15-14(7-1)13-20-18-11-4-3-9-16(18)17-10-5-6-12-19(17)21(15)20;1-2-4-5-3-1;;;/h1-20,26-27H;1-13H;1-3H,4H2;2*1H;/q;;;;;+2/p-2. The van der Waals surface area contributed by atoms with Gasteiger partial charge in [0.15, 0.2) is 0 Å². The van der Waals surface area contributed by atoms with Crippen LogP contribution in [-0.2, 0) is 21.3 Å². The van der Waals surface area contributed by atoms with Gasteiger partial charge in [0.05, 0.1) is 0 Å². The first kappa shape index (κ1) is 38.0. The Morgan fingerprint density at radius 1 is 0.446 bits per heavy atom. The van der Waals surface area contributed by atoms with Crippen LogP contribution in [0.25, 0.3) is 32.7 Å². The third kappa shape index (κ3) is 6.61. The Morgan fingerprint density at radius 3 is 1.34 bits per heavy atom. The van der Waals surface area contributed by atoms with Crippen LogP contribution in [0.3, 0.4) is 0 Å². The second-order valence-corrected chi connectivity index (χ2v) is 21.1. The van der Waals surface area contributed by atoms with Gasteiger partial charge in [-0.25, -0.2) is 0 Å². The zero-order valence-corrected chi connectivity index (χ0v) is 34.9. The topological polar surface area (TPSA) is 0 Å². The maximum absolute atomic E-state index is 3.14. The van der Waals surface area contributed by atoms with E-state index in [-0.39, 0.29) is 36.6 Å². The minimum absolute atomic E-state index is 0. The third-order valence-corrected chi connectivity index (χ3v) is 20.1. The Balaban J connectivity index is 0.00000220. The Hall–Kier alpha value is -4.91. The van der Waals surface area contributed by atoms with Gasteiger partial charge in [-0.1, -0.05) is 0 Å². The van der Waals surface area contributed by atoms with E-state index in [4.69, 9.17) is 0 Å². The minimum Gasteiger partial charge on any atom is -1.00 e. The van der Waals surface area contributed by atoms with E-state index in [1.54, 1.807) is 12.1 Å². The molecule has 0 fully saturated rings. The average molecular weight is 839 g/mol. The molecule has 1 atom stereocenters. The van der Waals surface area contributed by atoms with Gasteiger partial charge in [0.1, 0.15) is 0 Å². The number of rotatable bonds is 8. The first-order valence-electron chi connectivity index (χ1n) is 19.2. The van der Waals surface area contributed by atoms with Gasteiger partial charge in [0.2, 0.25) is 0 Å². The van der Waals surface area contributed by atoms with E-state index in [9.17, 15) is 0 Å². The zero-order chi connectivity index (χ0) is 35.8. The second kappa shape index (κ2) is 16.7. The van der Waals surface area contributed by atoms with Crippen molar-refractivity contribution in [3.8, 4) is 11.1 Å². The monoisotopic (exact) mass is 836 g/mol. The number of hydrogen-bond donors (Lipinski definition) is 0. The van der Waals surface area contributed by atoms with E-state index in [1.807, 2.05) is 0 Å². The van der Waals surface area contributed by atoms with Gasteiger partial charge in [0, 0.05) is 0 Å². The Labute approximate surface area is 350 Å². The summed E-state index contributed by atoms with van der Waals surface area (Å²) in [5.74, 6) is 0.216. The van der Waals surface area contributed by atoms with Crippen molar-refractivity contribution < 1.29 is 46.1 Å². The normalized spacial score (nSPS) is 13.7. The number of benzene rings is 8. The van der Waals surface area contributed by atoms with Crippen LogP contribution in [-0.4, -0.2) is 3.21 Å². The third-order valence-electron chi connectivity index (χ3n) is 11.7. The molecule has 0 bridgehead atoms. The quantitative estimate of drug-likeness (QED) is 0.141. The van der Waals surface area contributed by atoms with Crippen molar-refractivity contribution in [3.63, 3.8) is 0 Å². The number of fused-ring (bicyclic) bond motifs is 8. The van der Waals surface area contributed by atoms with Gasteiger partial charge in [-0.3, -0.25) is 0 Å². The second-order valence-electron chi connectivity index (χ2n) is 14.6. The van der Waals surface area contributed by atoms with Crippen LogP contribution in [0.1, 0.15) is 55.3 Å². The molecule has 0 aliphatic heterocycles. The zero-order valence-electron chi connectivity index (χ0n) is 30.9. The molecule has 0 nitrogen and oxygen atoms in total. The van der Waals surface area contributed by atoms with Gasteiger partial charge in [-0.05, 0) is 0 Å². The summed E-state index contributed by atoms with van der Waals surface area (Å²) in [5, 5.41) is 5.48. The molecule has 2 aliphatic rings. The molecule has 0 saturated heterocycles. The van der Waals surface area contributed by atoms with E-state index in [0.717, 1.165) is 6.42 Å². The van der Waals surface area contributed by atoms with E-state index >= 15 is 0 Å². The molecular weight excluding hydrogens is 799 g/mol. The number of hydrogen-bond acceptors (Lipinski definition) is 0. The maximum Gasteiger partial charge on any atom is -1.00 e. The predicted octanol–water partition coefficient (Wildman–Crippen LogP) is 7.37. The summed E-state index contributed by atoms with van der Waals surface area (Å²) in [5.41, 5.74) is 11.4. The molecule has 0 radical (unpaired) electrons. The van der Waals surface area contributed by atoms with Crippen molar-refractivity contribution in [3.05, 3.63) is 249 Å². The molecule has 0 spiro atoms. The molecule has 0 heterocycles. The van der Waals surface area contributed by atoms with Crippen molar-refractivity contribution in [1.29, 1.82) is 0 Å². The molecule has 10 rings (SSSR count). The molecule has 0 aromatic heterocycles. The summed E-state index contributed by atoms with van der Waals surface area (Å²) in [6.07, 6.45) is 8.30. The van der Waals surface area contributed by atoms with Crippen LogP contribution in [0, 0.1) is 0 Å². The molecule has 270 valence electrons. The van der Waals surface area contributed by atoms with Gasteiger partial charge in [-0.2, -0.15) is 0 Å². The summed E-state index contributed by atoms with van der Waals surface area (Å²) < 4.78 is 3.68. The van der Waals surface area contributed by atoms with Crippen LogP contribution >= 0.6 is 0 Å². The summed E-state index contributed by atoms with van der Waals surface area (Å²) in [4.78, 5) is 0. The van der Waals surface area contributed by atoms with Crippen LogP contribution in [0.15, 0.2) is 216 Å². The molecule has 1 unspecified atom stereocenters. The average Bonchev–Trinajstić information content (AvgIpc) is 3.91. The van der Waals surface area contributed by atoms with Gasteiger partial charge in [-0.15, -0.1) is 0 Å². The first-order chi connectivity index (χ1) is 26.9. The molecule has 0 saturated carbocycles. The molecule has 8 aromatic carbocycles. The number of halogens is 2. The first-order valence-corrected chi connectivity index (χ1v) is 23.1. The van der Waals surface area contributed by atoms with Crippen LogP contribution in [0.5, 0.6) is 0 Å². The number of allylic oxidation sites excluding steroid dienone is 4. The molecule has 8 aromatic rings. The largest absolute Gasteiger partial charge is 1.00 e. The van der Waals surface area contributed by atoms with Gasteiger partial charge < -0.3 is 24.8 Å². The van der Waals surface area contributed by atoms with Crippen LogP contribution in [0.2, 0.25) is 0 Å². The van der Waals surface area contributed by atoms with Crippen molar-refractivity contribution in [1.82, 2.24) is 0 Å². The van der Waals surface area contributed by atoms with Crippen molar-refractivity contribution >= 4 is 24.8 Å².